The number of allylic oxidation sites excluding steroid dienone is 1. The van der Waals surface area contributed by atoms with Gasteiger partial charge in [-0.3, -0.25) is 4.99 Å². The van der Waals surface area contributed by atoms with Gasteiger partial charge in [0.05, 0.1) is 6.04 Å². The minimum Gasteiger partial charge on any atom is -0.875 e. The molecule has 2 nitrogen and oxygen atoms in total. The van der Waals surface area contributed by atoms with E-state index in [1.165, 1.54) is 6.08 Å². The Morgan fingerprint density at radius 3 is 2.57 bits per heavy atom. The molecule has 1 aliphatic rings. The average Bonchev–Trinajstić information content (AvgIpc) is 2.19. The number of dihydropyridines is 1. The third-order valence-corrected chi connectivity index (χ3v) is 2.11. The van der Waals surface area contributed by atoms with E-state index >= 15 is 0 Å². The minimum atomic E-state index is 0. The summed E-state index contributed by atoms with van der Waals surface area (Å²) in [7, 11) is 0. The molecule has 0 amide bonds. The molecule has 1 aromatic rings. The Kier molecular flexibility index (Phi) is 4.39. The van der Waals surface area contributed by atoms with E-state index in [0.29, 0.717) is 6.42 Å². The molecule has 0 aromatic heterocycles. The van der Waals surface area contributed by atoms with Crippen LogP contribution in [0.2, 0.25) is 0 Å². The second-order valence-electron chi connectivity index (χ2n) is 3.06. The number of benzene rings is 1. The smallest absolute Gasteiger partial charge is 0.875 e. The first-order valence-electron chi connectivity index (χ1n) is 4.30. The van der Waals surface area contributed by atoms with Crippen LogP contribution >= 0.6 is 0 Å². The van der Waals surface area contributed by atoms with Crippen molar-refractivity contribution in [2.75, 3.05) is 0 Å². The summed E-state index contributed by atoms with van der Waals surface area (Å²) in [4.78, 5) is 4.25. The molecule has 0 fully saturated rings. The summed E-state index contributed by atoms with van der Waals surface area (Å²) >= 11 is 0. The van der Waals surface area contributed by atoms with Crippen molar-refractivity contribution in [2.45, 2.75) is 12.5 Å². The van der Waals surface area contributed by atoms with Crippen LogP contribution in [0, 0.1) is 0 Å². The molecule has 1 unspecified atom stereocenters. The predicted molar refractivity (Wildman–Crippen MR) is 50.4 cm³/mol. The predicted octanol–water partition coefficient (Wildman–Crippen LogP) is -1.55. The molecular weight excluding hydrogens is 185 g/mol. The summed E-state index contributed by atoms with van der Waals surface area (Å²) in [6, 6.07) is 9.92. The normalized spacial score (nSPS) is 19.7. The number of hydrogen-bond donors (Lipinski definition) is 0. The van der Waals surface area contributed by atoms with Crippen molar-refractivity contribution in [2.24, 2.45) is 4.99 Å². The van der Waals surface area contributed by atoms with Crippen LogP contribution in [0.15, 0.2) is 47.2 Å². The van der Waals surface area contributed by atoms with Crippen molar-refractivity contribution < 1.29 is 34.7 Å². The van der Waals surface area contributed by atoms with Gasteiger partial charge in [-0.1, -0.05) is 36.4 Å². The second-order valence-corrected chi connectivity index (χ2v) is 3.06. The zero-order valence-electron chi connectivity index (χ0n) is 8.18. The van der Waals surface area contributed by atoms with Crippen molar-refractivity contribution >= 4 is 6.21 Å². The zero-order chi connectivity index (χ0) is 9.10. The number of hydrogen-bond acceptors (Lipinski definition) is 2. The number of rotatable bonds is 1. The summed E-state index contributed by atoms with van der Waals surface area (Å²) in [5.41, 5.74) is 1.11. The maximum atomic E-state index is 11.1. The molecule has 0 bridgehead atoms. The summed E-state index contributed by atoms with van der Waals surface area (Å²) in [5, 5.41) is 11.1. The molecule has 3 heteroatoms. The third-order valence-electron chi connectivity index (χ3n) is 2.11. The molecule has 0 radical (unpaired) electrons. The van der Waals surface area contributed by atoms with Gasteiger partial charge in [-0.15, -0.1) is 5.76 Å². The first kappa shape index (κ1) is 11.5. The van der Waals surface area contributed by atoms with E-state index in [1.807, 2.05) is 30.3 Å². The topological polar surface area (TPSA) is 35.4 Å². The van der Waals surface area contributed by atoms with Crippen molar-refractivity contribution in [1.82, 2.24) is 0 Å². The molecule has 0 spiro atoms. The molecule has 0 saturated heterocycles. The van der Waals surface area contributed by atoms with Crippen LogP contribution in [0.5, 0.6) is 0 Å². The third kappa shape index (κ3) is 2.71. The standard InChI is InChI=1S/C11H11NO.Na/c13-10-6-7-12-11(8-10)9-4-2-1-3-5-9;/h1-7,11,13H,8H2;/q;+1/p-1. The average molecular weight is 195 g/mol. The molecule has 0 saturated carbocycles. The quantitative estimate of drug-likeness (QED) is 0.500. The van der Waals surface area contributed by atoms with E-state index in [9.17, 15) is 5.11 Å². The van der Waals surface area contributed by atoms with Gasteiger partial charge in [-0.25, -0.2) is 0 Å². The van der Waals surface area contributed by atoms with E-state index in [-0.39, 0.29) is 41.4 Å². The van der Waals surface area contributed by atoms with Crippen LogP contribution < -0.4 is 34.7 Å². The van der Waals surface area contributed by atoms with E-state index in [4.69, 9.17) is 0 Å². The first-order valence-corrected chi connectivity index (χ1v) is 4.30. The second kappa shape index (κ2) is 5.35. The molecule has 1 heterocycles. The van der Waals surface area contributed by atoms with Crippen molar-refractivity contribution in [3.63, 3.8) is 0 Å². The summed E-state index contributed by atoms with van der Waals surface area (Å²) in [6.07, 6.45) is 3.63. The van der Waals surface area contributed by atoms with Crippen molar-refractivity contribution in [3.8, 4) is 0 Å². The summed E-state index contributed by atoms with van der Waals surface area (Å²) in [5.74, 6) is 0.156. The van der Waals surface area contributed by atoms with E-state index in [0.717, 1.165) is 5.56 Å². The maximum absolute atomic E-state index is 11.1. The zero-order valence-corrected chi connectivity index (χ0v) is 10.2. The van der Waals surface area contributed by atoms with Gasteiger partial charge in [0.15, 0.2) is 0 Å². The molecule has 0 aliphatic carbocycles. The van der Waals surface area contributed by atoms with Crippen LogP contribution in [-0.2, 0) is 0 Å². The van der Waals surface area contributed by atoms with Crippen LogP contribution in [0.3, 0.4) is 0 Å². The van der Waals surface area contributed by atoms with E-state index in [2.05, 4.69) is 4.99 Å². The molecule has 1 atom stereocenters. The van der Waals surface area contributed by atoms with Crippen LogP contribution in [0.4, 0.5) is 0 Å². The van der Waals surface area contributed by atoms with E-state index < -0.39 is 0 Å². The van der Waals surface area contributed by atoms with Crippen LogP contribution in [0.1, 0.15) is 18.0 Å². The molecule has 14 heavy (non-hydrogen) atoms. The number of nitrogens with zero attached hydrogens (tertiary/aromatic N) is 1. The fourth-order valence-electron chi connectivity index (χ4n) is 1.42. The Labute approximate surface area is 106 Å². The fraction of sp³-hybridized carbons (Fsp3) is 0.182. The molecule has 1 aromatic carbocycles. The van der Waals surface area contributed by atoms with Gasteiger partial charge in [-0.2, -0.15) is 0 Å². The Morgan fingerprint density at radius 1 is 1.21 bits per heavy atom. The van der Waals surface area contributed by atoms with Gasteiger partial charge in [0.25, 0.3) is 0 Å². The maximum Gasteiger partial charge on any atom is 1.00 e. The first-order chi connectivity index (χ1) is 6.36. The Balaban J connectivity index is 0.000000980. The minimum absolute atomic E-state index is 0. The molecule has 0 N–H and O–H groups in total. The van der Waals surface area contributed by atoms with Crippen LogP contribution in [-0.4, -0.2) is 6.21 Å². The molecular formula is C11H10NNaO. The Bertz CT molecular complexity index is 346. The SMILES string of the molecule is [Na+].[O-]C1=CC=NC(c2ccccc2)C1. The van der Waals surface area contributed by atoms with Crippen molar-refractivity contribution in [3.05, 3.63) is 47.7 Å². The van der Waals surface area contributed by atoms with E-state index in [1.54, 1.807) is 6.21 Å². The van der Waals surface area contributed by atoms with Gasteiger partial charge >= 0.3 is 29.6 Å². The molecule has 66 valence electrons. The molecule has 2 rings (SSSR count). The van der Waals surface area contributed by atoms with Gasteiger partial charge < -0.3 is 5.11 Å². The monoisotopic (exact) mass is 195 g/mol. The summed E-state index contributed by atoms with van der Waals surface area (Å²) in [6.45, 7) is 0. The van der Waals surface area contributed by atoms with Crippen LogP contribution in [0.25, 0.3) is 0 Å². The van der Waals surface area contributed by atoms with Gasteiger partial charge in [-0.05, 0) is 12.0 Å². The molecule has 1 aliphatic heterocycles. The Hall–Kier alpha value is -0.570. The van der Waals surface area contributed by atoms with Crippen molar-refractivity contribution in [1.29, 1.82) is 0 Å². The largest absolute Gasteiger partial charge is 1.00 e. The van der Waals surface area contributed by atoms with Gasteiger partial charge in [0.1, 0.15) is 0 Å². The fourth-order valence-corrected chi connectivity index (χ4v) is 1.42. The Morgan fingerprint density at radius 2 is 1.93 bits per heavy atom. The van der Waals surface area contributed by atoms with Gasteiger partial charge in [0.2, 0.25) is 0 Å². The van der Waals surface area contributed by atoms with Gasteiger partial charge in [0, 0.05) is 6.21 Å². The summed E-state index contributed by atoms with van der Waals surface area (Å²) < 4.78 is 0. The number of aliphatic imine (C=N–C) groups is 1.